The van der Waals surface area contributed by atoms with Gasteiger partial charge in [-0.25, -0.2) is 4.98 Å². The third-order valence-corrected chi connectivity index (χ3v) is 6.16. The molecule has 0 saturated carbocycles. The van der Waals surface area contributed by atoms with Gasteiger partial charge < -0.3 is 15.8 Å². The molecule has 0 aliphatic rings. The van der Waals surface area contributed by atoms with Gasteiger partial charge in [-0.05, 0) is 18.1 Å². The number of thiazole rings is 1. The van der Waals surface area contributed by atoms with Crippen LogP contribution in [0, 0.1) is 6.92 Å². The van der Waals surface area contributed by atoms with Gasteiger partial charge in [-0.1, -0.05) is 90.5 Å². The van der Waals surface area contributed by atoms with Crippen molar-refractivity contribution in [3.05, 3.63) is 106 Å². The summed E-state index contributed by atoms with van der Waals surface area (Å²) in [6.07, 6.45) is -0.00778. The summed E-state index contributed by atoms with van der Waals surface area (Å²) in [5.74, 6) is -0.892. The smallest absolute Gasteiger partial charge is 0.311 e. The second-order valence-corrected chi connectivity index (χ2v) is 8.96. The highest BCUT2D eigenvalue weighted by atomic mass is 32.1. The van der Waals surface area contributed by atoms with E-state index in [-0.39, 0.29) is 25.0 Å². The molecule has 0 bridgehead atoms. The largest absolute Gasteiger partial charge is 0.455 e. The van der Waals surface area contributed by atoms with Crippen molar-refractivity contribution in [1.82, 2.24) is 10.3 Å². The van der Waals surface area contributed by atoms with Crippen molar-refractivity contribution >= 4 is 28.3 Å². The highest BCUT2D eigenvalue weighted by molar-refractivity contribution is 7.15. The summed E-state index contributed by atoms with van der Waals surface area (Å²) in [7, 11) is 0. The molecule has 1 aromatic heterocycles. The molecule has 34 heavy (non-hydrogen) atoms. The van der Waals surface area contributed by atoms with Gasteiger partial charge in [0.15, 0.2) is 11.7 Å². The number of ether oxygens (including phenoxy) is 1. The van der Waals surface area contributed by atoms with Crippen molar-refractivity contribution in [2.45, 2.75) is 19.4 Å². The van der Waals surface area contributed by atoms with E-state index in [1.165, 1.54) is 11.3 Å². The highest BCUT2D eigenvalue weighted by Crippen LogP contribution is 2.30. The molecule has 0 spiro atoms. The molecule has 1 heterocycles. The lowest BCUT2D eigenvalue weighted by Crippen LogP contribution is -2.33. The molecule has 0 saturated heterocycles. The number of aromatic nitrogens is 1. The van der Waals surface area contributed by atoms with E-state index in [4.69, 9.17) is 10.5 Å². The number of nitrogens with one attached hydrogen (secondary N) is 1. The number of nitrogens with two attached hydrogens (primary N) is 1. The maximum absolute atomic E-state index is 12.7. The average molecular weight is 472 g/mol. The monoisotopic (exact) mass is 471 g/mol. The molecule has 7 heteroatoms. The summed E-state index contributed by atoms with van der Waals surface area (Å²) in [5, 5.41) is 3.35. The van der Waals surface area contributed by atoms with Crippen LogP contribution in [0.4, 0.5) is 5.13 Å². The van der Waals surface area contributed by atoms with Gasteiger partial charge in [-0.15, -0.1) is 11.3 Å². The molecule has 0 unspecified atom stereocenters. The summed E-state index contributed by atoms with van der Waals surface area (Å²) in [6, 6.07) is 26.8. The van der Waals surface area contributed by atoms with E-state index in [0.29, 0.717) is 15.7 Å². The Kier molecular flexibility index (Phi) is 7.34. The first kappa shape index (κ1) is 23.2. The van der Waals surface area contributed by atoms with E-state index in [1.807, 2.05) is 91.9 Å². The SMILES string of the molecule is Cc1ccc(-c2nc(N)sc2CC(=O)OCC(=O)NC(c2ccccc2)c2ccccc2)cc1. The number of carbonyl (C=O) groups is 2. The van der Waals surface area contributed by atoms with Crippen LogP contribution in [0.5, 0.6) is 0 Å². The van der Waals surface area contributed by atoms with Crippen LogP contribution in [0.2, 0.25) is 0 Å². The Morgan fingerprint density at radius 1 is 0.941 bits per heavy atom. The van der Waals surface area contributed by atoms with Crippen molar-refractivity contribution in [3.8, 4) is 11.3 Å². The first-order chi connectivity index (χ1) is 16.5. The number of hydrogen-bond donors (Lipinski definition) is 2. The van der Waals surface area contributed by atoms with Crippen LogP contribution in [0.15, 0.2) is 84.9 Å². The summed E-state index contributed by atoms with van der Waals surface area (Å²) in [4.78, 5) is 30.3. The zero-order valence-corrected chi connectivity index (χ0v) is 19.5. The molecule has 172 valence electrons. The Morgan fingerprint density at radius 2 is 1.53 bits per heavy atom. The van der Waals surface area contributed by atoms with E-state index < -0.39 is 5.97 Å². The minimum Gasteiger partial charge on any atom is -0.455 e. The van der Waals surface area contributed by atoms with E-state index >= 15 is 0 Å². The van der Waals surface area contributed by atoms with Crippen molar-refractivity contribution in [2.24, 2.45) is 0 Å². The number of rotatable bonds is 8. The third-order valence-electron chi connectivity index (χ3n) is 5.28. The van der Waals surface area contributed by atoms with Crippen LogP contribution in [0.25, 0.3) is 11.3 Å². The van der Waals surface area contributed by atoms with Crippen molar-refractivity contribution in [1.29, 1.82) is 0 Å². The lowest BCUT2D eigenvalue weighted by atomic mass is 9.99. The molecule has 4 aromatic rings. The number of benzene rings is 3. The van der Waals surface area contributed by atoms with Gasteiger partial charge >= 0.3 is 5.97 Å². The Labute approximate surface area is 202 Å². The van der Waals surface area contributed by atoms with Crippen LogP contribution < -0.4 is 11.1 Å². The lowest BCUT2D eigenvalue weighted by Gasteiger charge is -2.20. The number of nitrogen functional groups attached to an aromatic ring is 1. The summed E-state index contributed by atoms with van der Waals surface area (Å²) in [5.41, 5.74) is 10.5. The van der Waals surface area contributed by atoms with Crippen molar-refractivity contribution in [3.63, 3.8) is 0 Å². The summed E-state index contributed by atoms with van der Waals surface area (Å²) < 4.78 is 5.29. The Balaban J connectivity index is 1.39. The first-order valence-corrected chi connectivity index (χ1v) is 11.7. The second-order valence-electron chi connectivity index (χ2n) is 7.85. The Bertz CT molecular complexity index is 1220. The molecule has 3 aromatic carbocycles. The zero-order chi connectivity index (χ0) is 23.9. The highest BCUT2D eigenvalue weighted by Gasteiger charge is 2.19. The van der Waals surface area contributed by atoms with Crippen molar-refractivity contribution < 1.29 is 14.3 Å². The Hall–Kier alpha value is -3.97. The zero-order valence-electron chi connectivity index (χ0n) is 18.7. The topological polar surface area (TPSA) is 94.3 Å². The molecule has 3 N–H and O–H groups in total. The van der Waals surface area contributed by atoms with Gasteiger partial charge in [0.05, 0.1) is 18.2 Å². The van der Waals surface area contributed by atoms with Crippen molar-refractivity contribution in [2.75, 3.05) is 12.3 Å². The fourth-order valence-corrected chi connectivity index (χ4v) is 4.45. The van der Waals surface area contributed by atoms with Gasteiger partial charge in [0.2, 0.25) is 0 Å². The number of hydrogen-bond acceptors (Lipinski definition) is 6. The van der Waals surface area contributed by atoms with Crippen LogP contribution >= 0.6 is 11.3 Å². The molecule has 0 atom stereocenters. The predicted molar refractivity (Wildman–Crippen MR) is 134 cm³/mol. The van der Waals surface area contributed by atoms with E-state index in [1.54, 1.807) is 0 Å². The Morgan fingerprint density at radius 3 is 2.12 bits per heavy atom. The van der Waals surface area contributed by atoms with Crippen LogP contribution in [0.1, 0.15) is 27.6 Å². The second kappa shape index (κ2) is 10.8. The average Bonchev–Trinajstić information content (AvgIpc) is 3.22. The normalized spacial score (nSPS) is 10.8. The molecule has 6 nitrogen and oxygen atoms in total. The van der Waals surface area contributed by atoms with E-state index in [2.05, 4.69) is 10.3 Å². The third kappa shape index (κ3) is 5.88. The summed E-state index contributed by atoms with van der Waals surface area (Å²) in [6.45, 7) is 1.63. The van der Waals surface area contributed by atoms with Crippen LogP contribution in [0.3, 0.4) is 0 Å². The number of carbonyl (C=O) groups excluding carboxylic acids is 2. The fraction of sp³-hybridized carbons (Fsp3) is 0.148. The van der Waals surface area contributed by atoms with Gasteiger partial charge in [0, 0.05) is 10.4 Å². The number of esters is 1. The molecule has 0 fully saturated rings. The molecular weight excluding hydrogens is 446 g/mol. The van der Waals surface area contributed by atoms with Crippen LogP contribution in [-0.4, -0.2) is 23.5 Å². The lowest BCUT2D eigenvalue weighted by molar-refractivity contribution is -0.147. The van der Waals surface area contributed by atoms with Crippen LogP contribution in [-0.2, 0) is 20.7 Å². The molecule has 0 aliphatic carbocycles. The van der Waals surface area contributed by atoms with Gasteiger partial charge in [-0.2, -0.15) is 0 Å². The minimum atomic E-state index is -0.511. The number of amides is 1. The number of aryl methyl sites for hydroxylation is 1. The standard InChI is InChI=1S/C27H25N3O3S/c1-18-12-14-21(15-13-18)26-22(34-27(28)30-26)16-24(32)33-17-23(31)29-25(19-8-4-2-5-9-19)20-10-6-3-7-11-20/h2-15,25H,16-17H2,1H3,(H2,28,30)(H,29,31). The quantitative estimate of drug-likeness (QED) is 0.364. The van der Waals surface area contributed by atoms with E-state index in [0.717, 1.165) is 22.3 Å². The number of anilines is 1. The predicted octanol–water partition coefficient (Wildman–Crippen LogP) is 4.69. The van der Waals surface area contributed by atoms with E-state index in [9.17, 15) is 9.59 Å². The first-order valence-electron chi connectivity index (χ1n) is 10.9. The fourth-order valence-electron chi connectivity index (χ4n) is 3.61. The molecule has 0 radical (unpaired) electrons. The maximum atomic E-state index is 12.7. The molecule has 4 rings (SSSR count). The van der Waals surface area contributed by atoms with Gasteiger partial charge in [0.1, 0.15) is 0 Å². The molecule has 0 aliphatic heterocycles. The summed E-state index contributed by atoms with van der Waals surface area (Å²) >= 11 is 1.25. The maximum Gasteiger partial charge on any atom is 0.311 e. The van der Waals surface area contributed by atoms with Gasteiger partial charge in [-0.3, -0.25) is 9.59 Å². The van der Waals surface area contributed by atoms with Gasteiger partial charge in [0.25, 0.3) is 5.91 Å². The molecular formula is C27H25N3O3S. The molecule has 1 amide bonds. The minimum absolute atomic E-state index is 0.00778. The number of nitrogens with zero attached hydrogens (tertiary/aromatic N) is 1.